The number of primary amides is 1. The Bertz CT molecular complexity index is 1300. The number of amides is 2. The first-order valence-corrected chi connectivity index (χ1v) is 12.2. The van der Waals surface area contributed by atoms with Gasteiger partial charge in [-0.1, -0.05) is 63.6 Å². The number of nitrogens with zero attached hydrogens (tertiary/aromatic N) is 1. The van der Waals surface area contributed by atoms with Gasteiger partial charge in [0.1, 0.15) is 11.8 Å². The molecule has 37 heavy (non-hydrogen) atoms. The third-order valence-electron chi connectivity index (χ3n) is 6.47. The van der Waals surface area contributed by atoms with Crippen molar-refractivity contribution in [2.24, 2.45) is 11.7 Å². The van der Waals surface area contributed by atoms with Crippen LogP contribution in [0.25, 0.3) is 10.9 Å². The van der Waals surface area contributed by atoms with Crippen molar-refractivity contribution in [3.8, 4) is 5.75 Å². The van der Waals surface area contributed by atoms with E-state index in [1.807, 2.05) is 61.7 Å². The van der Waals surface area contributed by atoms with Crippen molar-refractivity contribution < 1.29 is 28.7 Å². The van der Waals surface area contributed by atoms with E-state index < -0.39 is 36.2 Å². The highest BCUT2D eigenvalue weighted by atomic mass is 16.5. The summed E-state index contributed by atoms with van der Waals surface area (Å²) < 4.78 is 12.6. The lowest BCUT2D eigenvalue weighted by atomic mass is 9.99. The molecule has 0 radical (unpaired) electrons. The highest BCUT2D eigenvalue weighted by Crippen LogP contribution is 2.35. The molecule has 0 aliphatic heterocycles. The van der Waals surface area contributed by atoms with Gasteiger partial charge in [-0.15, -0.1) is 0 Å². The second-order valence-electron chi connectivity index (χ2n) is 8.83. The third kappa shape index (κ3) is 5.99. The average molecular weight is 508 g/mol. The van der Waals surface area contributed by atoms with Crippen LogP contribution in [0, 0.1) is 5.92 Å². The molecule has 2 aromatic carbocycles. The quantitative estimate of drug-likeness (QED) is 0.220. The van der Waals surface area contributed by atoms with Crippen LogP contribution in [0.4, 0.5) is 0 Å². The van der Waals surface area contributed by atoms with E-state index in [0.717, 1.165) is 5.56 Å². The van der Waals surface area contributed by atoms with Crippen molar-refractivity contribution in [1.29, 1.82) is 0 Å². The number of carbonyl (C=O) groups excluding carboxylic acids is 4. The lowest BCUT2D eigenvalue weighted by Crippen LogP contribution is -2.47. The number of hydrogen-bond donors (Lipinski definition) is 2. The van der Waals surface area contributed by atoms with E-state index in [2.05, 4.69) is 5.32 Å². The molecule has 3 rings (SSSR count). The van der Waals surface area contributed by atoms with E-state index in [0.29, 0.717) is 36.0 Å². The molecule has 0 bridgehead atoms. The molecule has 0 saturated carbocycles. The number of esters is 1. The molecule has 2 atom stereocenters. The Morgan fingerprint density at radius 1 is 1.03 bits per heavy atom. The maximum atomic E-state index is 13.0. The first-order chi connectivity index (χ1) is 17.7. The predicted octanol–water partition coefficient (Wildman–Crippen LogP) is 3.00. The summed E-state index contributed by atoms with van der Waals surface area (Å²) in [5.41, 5.74) is 7.91. The number of hydrogen-bond acceptors (Lipinski definition) is 6. The highest BCUT2D eigenvalue weighted by Gasteiger charge is 2.29. The molecule has 3 N–H and O–H groups in total. The Labute approximate surface area is 215 Å². The van der Waals surface area contributed by atoms with Crippen LogP contribution in [0.2, 0.25) is 0 Å². The largest absolute Gasteiger partial charge is 0.483 e. The van der Waals surface area contributed by atoms with Gasteiger partial charge in [0.05, 0.1) is 23.6 Å². The van der Waals surface area contributed by atoms with Gasteiger partial charge in [0.2, 0.25) is 0 Å². The zero-order valence-electron chi connectivity index (χ0n) is 21.6. The molecule has 0 fully saturated rings. The van der Waals surface area contributed by atoms with Gasteiger partial charge in [0.15, 0.2) is 6.61 Å². The van der Waals surface area contributed by atoms with Crippen molar-refractivity contribution in [2.75, 3.05) is 13.7 Å². The maximum Gasteiger partial charge on any atom is 0.328 e. The molecule has 196 valence electrons. The number of carbonyl (C=O) groups is 4. The molecule has 9 heteroatoms. The Morgan fingerprint density at radius 3 is 2.32 bits per heavy atom. The molecule has 1 heterocycles. The van der Waals surface area contributed by atoms with Crippen molar-refractivity contribution in [1.82, 2.24) is 9.88 Å². The smallest absolute Gasteiger partial charge is 0.328 e. The molecule has 9 nitrogen and oxygen atoms in total. The van der Waals surface area contributed by atoms with Gasteiger partial charge in [0, 0.05) is 12.2 Å². The molecular formula is C28H33N3O6. The van der Waals surface area contributed by atoms with E-state index in [9.17, 15) is 19.2 Å². The maximum absolute atomic E-state index is 13.0. The molecule has 0 aliphatic carbocycles. The van der Waals surface area contributed by atoms with Crippen LogP contribution in [-0.4, -0.2) is 47.9 Å². The molecule has 2 amide bonds. The minimum absolute atomic E-state index is 0.140. The Hall–Kier alpha value is -4.14. The van der Waals surface area contributed by atoms with E-state index in [4.69, 9.17) is 15.2 Å². The average Bonchev–Trinajstić information content (AvgIpc) is 3.23. The van der Waals surface area contributed by atoms with Gasteiger partial charge in [-0.3, -0.25) is 14.4 Å². The second kappa shape index (κ2) is 12.2. The van der Waals surface area contributed by atoms with Gasteiger partial charge >= 0.3 is 5.97 Å². The fourth-order valence-electron chi connectivity index (χ4n) is 4.38. The standard InChI is InChI=1S/C28H33N3O6/c1-5-17(3)25(28(35)36-4)30-22(32)16-37-21-14-10-13-20-23(21)24(26(33)27(29)34)19(6-2)31(20)15-18-11-8-7-9-12-18/h7-14,17,25H,5-6,15-16H2,1-4H3,(H2,29,34)(H,30,32)/t17?,25-/m0/s1. The normalized spacial score (nSPS) is 12.5. The summed E-state index contributed by atoms with van der Waals surface area (Å²) in [6.45, 7) is 5.70. The lowest BCUT2D eigenvalue weighted by Gasteiger charge is -2.21. The number of nitrogens with two attached hydrogens (primary N) is 1. The Kier molecular flexibility index (Phi) is 9.05. The van der Waals surface area contributed by atoms with Crippen molar-refractivity contribution in [3.05, 3.63) is 65.4 Å². The van der Waals surface area contributed by atoms with Crippen LogP contribution in [-0.2, 0) is 32.1 Å². The molecule has 0 saturated heterocycles. The minimum Gasteiger partial charge on any atom is -0.483 e. The number of ketones is 1. The minimum atomic E-state index is -1.07. The van der Waals surface area contributed by atoms with Gasteiger partial charge in [-0.25, -0.2) is 4.79 Å². The van der Waals surface area contributed by atoms with Crippen LogP contribution in [0.3, 0.4) is 0 Å². The Balaban J connectivity index is 2.01. The number of Topliss-reactive ketones (excluding diaryl/α,β-unsaturated/α-hetero) is 1. The molecule has 3 aromatic rings. The zero-order chi connectivity index (χ0) is 27.1. The fraction of sp³-hybridized carbons (Fsp3) is 0.357. The number of benzene rings is 2. The van der Waals surface area contributed by atoms with Crippen LogP contribution < -0.4 is 15.8 Å². The summed E-state index contributed by atoms with van der Waals surface area (Å²) in [6.07, 6.45) is 1.12. The van der Waals surface area contributed by atoms with Crippen molar-refractivity contribution in [2.45, 2.75) is 46.2 Å². The van der Waals surface area contributed by atoms with Crippen LogP contribution in [0.1, 0.15) is 48.8 Å². The highest BCUT2D eigenvalue weighted by molar-refractivity contribution is 6.45. The first kappa shape index (κ1) is 27.4. The predicted molar refractivity (Wildman–Crippen MR) is 139 cm³/mol. The first-order valence-electron chi connectivity index (χ1n) is 12.2. The third-order valence-corrected chi connectivity index (χ3v) is 6.47. The lowest BCUT2D eigenvalue weighted by molar-refractivity contribution is -0.146. The van der Waals surface area contributed by atoms with E-state index in [1.165, 1.54) is 7.11 Å². The number of rotatable bonds is 12. The van der Waals surface area contributed by atoms with Gasteiger partial charge < -0.3 is 25.1 Å². The second-order valence-corrected chi connectivity index (χ2v) is 8.83. The SMILES string of the molecule is CCc1c(C(=O)C(N)=O)c2c(OCC(=O)N[C@H](C(=O)OC)C(C)CC)cccc2n1Cc1ccccc1. The van der Waals surface area contributed by atoms with Crippen LogP contribution in [0.5, 0.6) is 5.75 Å². The zero-order valence-corrected chi connectivity index (χ0v) is 21.6. The molecule has 1 aromatic heterocycles. The van der Waals surface area contributed by atoms with Gasteiger partial charge in [-0.2, -0.15) is 0 Å². The van der Waals surface area contributed by atoms with Crippen molar-refractivity contribution >= 4 is 34.5 Å². The van der Waals surface area contributed by atoms with Gasteiger partial charge in [-0.05, 0) is 30.0 Å². The number of nitrogens with one attached hydrogen (secondary N) is 1. The van der Waals surface area contributed by atoms with E-state index in [1.54, 1.807) is 12.1 Å². The monoisotopic (exact) mass is 507 g/mol. The topological polar surface area (TPSA) is 130 Å². The van der Waals surface area contributed by atoms with E-state index >= 15 is 0 Å². The number of ether oxygens (including phenoxy) is 2. The van der Waals surface area contributed by atoms with Gasteiger partial charge in [0.25, 0.3) is 17.6 Å². The molecular weight excluding hydrogens is 474 g/mol. The number of methoxy groups -OCH3 is 1. The fourth-order valence-corrected chi connectivity index (χ4v) is 4.38. The summed E-state index contributed by atoms with van der Waals surface area (Å²) in [5, 5.41) is 3.08. The Morgan fingerprint density at radius 2 is 1.73 bits per heavy atom. The van der Waals surface area contributed by atoms with Crippen molar-refractivity contribution in [3.63, 3.8) is 0 Å². The van der Waals surface area contributed by atoms with Crippen LogP contribution in [0.15, 0.2) is 48.5 Å². The number of fused-ring (bicyclic) bond motifs is 1. The molecule has 1 unspecified atom stereocenters. The summed E-state index contributed by atoms with van der Waals surface area (Å²) in [7, 11) is 1.27. The number of aromatic nitrogens is 1. The summed E-state index contributed by atoms with van der Waals surface area (Å²) in [5.74, 6) is -2.83. The molecule has 0 aliphatic rings. The summed E-state index contributed by atoms with van der Waals surface area (Å²) >= 11 is 0. The van der Waals surface area contributed by atoms with Crippen LogP contribution >= 0.6 is 0 Å². The summed E-state index contributed by atoms with van der Waals surface area (Å²) in [6, 6.07) is 14.1. The summed E-state index contributed by atoms with van der Waals surface area (Å²) in [4.78, 5) is 49.8. The van der Waals surface area contributed by atoms with E-state index in [-0.39, 0.29) is 17.2 Å². The molecule has 0 spiro atoms.